The summed E-state index contributed by atoms with van der Waals surface area (Å²) in [5, 5.41) is 6.14. The van der Waals surface area contributed by atoms with Crippen LogP contribution in [0.1, 0.15) is 31.4 Å². The average molecular weight is 264 g/mol. The fourth-order valence-corrected chi connectivity index (χ4v) is 1.86. The van der Waals surface area contributed by atoms with E-state index < -0.39 is 0 Å². The number of benzene rings is 1. The highest BCUT2D eigenvalue weighted by atomic mass is 16.5. The van der Waals surface area contributed by atoms with Crippen molar-refractivity contribution in [3.8, 4) is 5.75 Å². The van der Waals surface area contributed by atoms with Gasteiger partial charge in [0.15, 0.2) is 0 Å². The fraction of sp³-hybridized carbons (Fsp3) is 0.533. The first-order valence-corrected chi connectivity index (χ1v) is 6.66. The monoisotopic (exact) mass is 264 g/mol. The van der Waals surface area contributed by atoms with E-state index in [1.54, 1.807) is 7.11 Å². The Morgan fingerprint density at radius 3 is 2.74 bits per heavy atom. The van der Waals surface area contributed by atoms with Crippen LogP contribution in [0, 0.1) is 6.92 Å². The zero-order valence-electron chi connectivity index (χ0n) is 12.2. The Kier molecular flexibility index (Phi) is 6.36. The minimum absolute atomic E-state index is 0.0821. The summed E-state index contributed by atoms with van der Waals surface area (Å²) in [6, 6.07) is 6.29. The quantitative estimate of drug-likeness (QED) is 0.741. The molecule has 0 unspecified atom stereocenters. The Morgan fingerprint density at radius 1 is 1.37 bits per heavy atom. The number of hydrogen-bond acceptors (Lipinski definition) is 3. The van der Waals surface area contributed by atoms with Crippen LogP contribution >= 0.6 is 0 Å². The molecule has 0 atom stereocenters. The average Bonchev–Trinajstić information content (AvgIpc) is 2.34. The van der Waals surface area contributed by atoms with Crippen LogP contribution in [0.5, 0.6) is 5.75 Å². The zero-order chi connectivity index (χ0) is 14.3. The number of ether oxygens (including phenoxy) is 1. The second-order valence-corrected chi connectivity index (χ2v) is 4.96. The van der Waals surface area contributed by atoms with E-state index in [2.05, 4.69) is 23.6 Å². The molecule has 0 saturated carbocycles. The maximum absolute atomic E-state index is 11.5. The third kappa shape index (κ3) is 5.75. The van der Waals surface area contributed by atoms with Crippen molar-refractivity contribution in [2.45, 2.75) is 39.8 Å². The van der Waals surface area contributed by atoms with E-state index in [-0.39, 0.29) is 11.9 Å². The molecule has 0 fully saturated rings. The van der Waals surface area contributed by atoms with Crippen LogP contribution in [-0.2, 0) is 11.3 Å². The number of carbonyl (C=O) groups excluding carboxylic acids is 1. The van der Waals surface area contributed by atoms with E-state index in [4.69, 9.17) is 4.74 Å². The molecule has 0 aliphatic carbocycles. The van der Waals surface area contributed by atoms with Crippen molar-refractivity contribution in [1.29, 1.82) is 0 Å². The van der Waals surface area contributed by atoms with Gasteiger partial charge in [-0.15, -0.1) is 0 Å². The molecule has 1 rings (SSSR count). The molecular weight excluding hydrogens is 240 g/mol. The van der Waals surface area contributed by atoms with Crippen LogP contribution in [0.15, 0.2) is 18.2 Å². The van der Waals surface area contributed by atoms with Crippen molar-refractivity contribution in [2.24, 2.45) is 0 Å². The van der Waals surface area contributed by atoms with Crippen LogP contribution in [-0.4, -0.2) is 25.6 Å². The molecule has 1 aromatic carbocycles. The van der Waals surface area contributed by atoms with Crippen molar-refractivity contribution in [3.63, 3.8) is 0 Å². The smallest absolute Gasteiger partial charge is 0.221 e. The van der Waals surface area contributed by atoms with Crippen LogP contribution in [0.4, 0.5) is 0 Å². The molecule has 0 bridgehead atoms. The molecule has 19 heavy (non-hydrogen) atoms. The van der Waals surface area contributed by atoms with E-state index in [0.29, 0.717) is 19.5 Å². The van der Waals surface area contributed by atoms with Gasteiger partial charge in [-0.2, -0.15) is 0 Å². The summed E-state index contributed by atoms with van der Waals surface area (Å²) in [6.45, 7) is 7.35. The Hall–Kier alpha value is -1.55. The van der Waals surface area contributed by atoms with Gasteiger partial charge in [0.25, 0.3) is 0 Å². The maximum Gasteiger partial charge on any atom is 0.221 e. The third-order valence-electron chi connectivity index (χ3n) is 2.73. The van der Waals surface area contributed by atoms with Gasteiger partial charge in [0.2, 0.25) is 5.91 Å². The molecule has 0 heterocycles. The first-order valence-electron chi connectivity index (χ1n) is 6.66. The largest absolute Gasteiger partial charge is 0.496 e. The highest BCUT2D eigenvalue weighted by Crippen LogP contribution is 2.19. The first kappa shape index (κ1) is 15.5. The number of methoxy groups -OCH3 is 1. The summed E-state index contributed by atoms with van der Waals surface area (Å²) >= 11 is 0. The molecule has 0 radical (unpaired) electrons. The third-order valence-corrected chi connectivity index (χ3v) is 2.73. The number of hydrogen-bond donors (Lipinski definition) is 2. The summed E-state index contributed by atoms with van der Waals surface area (Å²) < 4.78 is 5.31. The normalized spacial score (nSPS) is 10.6. The van der Waals surface area contributed by atoms with E-state index in [1.807, 2.05) is 26.0 Å². The van der Waals surface area contributed by atoms with Gasteiger partial charge in [-0.1, -0.05) is 17.7 Å². The highest BCUT2D eigenvalue weighted by Gasteiger charge is 2.05. The van der Waals surface area contributed by atoms with Crippen molar-refractivity contribution < 1.29 is 9.53 Å². The molecule has 1 amide bonds. The van der Waals surface area contributed by atoms with Crippen LogP contribution in [0.25, 0.3) is 0 Å². The molecule has 1 aromatic rings. The Morgan fingerprint density at radius 2 is 2.11 bits per heavy atom. The number of amides is 1. The van der Waals surface area contributed by atoms with Crippen LogP contribution in [0.3, 0.4) is 0 Å². The van der Waals surface area contributed by atoms with Crippen molar-refractivity contribution >= 4 is 5.91 Å². The highest BCUT2D eigenvalue weighted by molar-refractivity contribution is 5.76. The summed E-state index contributed by atoms with van der Waals surface area (Å²) in [5.74, 6) is 0.962. The zero-order valence-corrected chi connectivity index (χ0v) is 12.2. The summed E-state index contributed by atoms with van der Waals surface area (Å²) in [7, 11) is 1.67. The molecule has 0 aliphatic rings. The summed E-state index contributed by atoms with van der Waals surface area (Å²) in [5.41, 5.74) is 2.32. The Bertz CT molecular complexity index is 417. The SMILES string of the molecule is COc1ccc(C)cc1CNCCC(=O)NC(C)C. The Labute approximate surface area is 115 Å². The van der Waals surface area contributed by atoms with E-state index >= 15 is 0 Å². The minimum atomic E-state index is 0.0821. The Balaban J connectivity index is 2.37. The number of aryl methyl sites for hydroxylation is 1. The van der Waals surface area contributed by atoms with Crippen molar-refractivity contribution in [1.82, 2.24) is 10.6 Å². The minimum Gasteiger partial charge on any atom is -0.496 e. The predicted molar refractivity (Wildman–Crippen MR) is 77.3 cm³/mol. The molecule has 0 aliphatic heterocycles. The number of nitrogens with one attached hydrogen (secondary N) is 2. The molecular formula is C15H24N2O2. The van der Waals surface area contributed by atoms with Gasteiger partial charge in [-0.05, 0) is 26.8 Å². The van der Waals surface area contributed by atoms with Gasteiger partial charge in [-0.25, -0.2) is 0 Å². The second-order valence-electron chi connectivity index (χ2n) is 4.96. The van der Waals surface area contributed by atoms with Gasteiger partial charge >= 0.3 is 0 Å². The van der Waals surface area contributed by atoms with Gasteiger partial charge in [-0.3, -0.25) is 4.79 Å². The first-order chi connectivity index (χ1) is 9.02. The van der Waals surface area contributed by atoms with E-state index in [1.165, 1.54) is 5.56 Å². The molecule has 0 spiro atoms. The fourth-order valence-electron chi connectivity index (χ4n) is 1.86. The molecule has 106 valence electrons. The standard InChI is InChI=1S/C15H24N2O2/c1-11(2)17-15(18)7-8-16-10-13-9-12(3)5-6-14(13)19-4/h5-6,9,11,16H,7-8,10H2,1-4H3,(H,17,18). The summed E-state index contributed by atoms with van der Waals surface area (Å²) in [4.78, 5) is 11.5. The van der Waals surface area contributed by atoms with Crippen molar-refractivity contribution in [2.75, 3.05) is 13.7 Å². The lowest BCUT2D eigenvalue weighted by Gasteiger charge is -2.11. The summed E-state index contributed by atoms with van der Waals surface area (Å²) in [6.07, 6.45) is 0.492. The number of rotatable bonds is 7. The lowest BCUT2D eigenvalue weighted by molar-refractivity contribution is -0.121. The van der Waals surface area contributed by atoms with Crippen LogP contribution < -0.4 is 15.4 Å². The predicted octanol–water partition coefficient (Wildman–Crippen LogP) is 2.01. The van der Waals surface area contributed by atoms with E-state index in [0.717, 1.165) is 11.3 Å². The van der Waals surface area contributed by atoms with Gasteiger partial charge in [0.05, 0.1) is 7.11 Å². The number of carbonyl (C=O) groups is 1. The lowest BCUT2D eigenvalue weighted by atomic mass is 10.1. The lowest BCUT2D eigenvalue weighted by Crippen LogP contribution is -2.32. The topological polar surface area (TPSA) is 50.4 Å². The molecule has 4 heteroatoms. The van der Waals surface area contributed by atoms with Crippen molar-refractivity contribution in [3.05, 3.63) is 29.3 Å². The maximum atomic E-state index is 11.5. The molecule has 0 saturated heterocycles. The van der Waals surface area contributed by atoms with Gasteiger partial charge in [0, 0.05) is 31.1 Å². The second kappa shape index (κ2) is 7.79. The van der Waals surface area contributed by atoms with E-state index in [9.17, 15) is 4.79 Å². The van der Waals surface area contributed by atoms with Gasteiger partial charge in [0.1, 0.15) is 5.75 Å². The van der Waals surface area contributed by atoms with Gasteiger partial charge < -0.3 is 15.4 Å². The van der Waals surface area contributed by atoms with Crippen LogP contribution in [0.2, 0.25) is 0 Å². The molecule has 4 nitrogen and oxygen atoms in total. The molecule has 2 N–H and O–H groups in total. The molecule has 0 aromatic heterocycles.